The van der Waals surface area contributed by atoms with Crippen molar-refractivity contribution in [2.45, 2.75) is 51.2 Å². The van der Waals surface area contributed by atoms with Crippen LogP contribution in [0.3, 0.4) is 0 Å². The lowest BCUT2D eigenvalue weighted by atomic mass is 10.1. The molecule has 1 saturated carbocycles. The van der Waals surface area contributed by atoms with Crippen LogP contribution in [0.1, 0.15) is 29.8 Å². The predicted molar refractivity (Wildman–Crippen MR) is 95.0 cm³/mol. The smallest absolute Gasteiger partial charge is 0.0995 e. The van der Waals surface area contributed by atoms with E-state index in [-0.39, 0.29) is 12.2 Å². The van der Waals surface area contributed by atoms with Crippen molar-refractivity contribution in [1.82, 2.24) is 14.9 Å². The standard InChI is InChI=1S/C20H25N3O2/c1-15-4-2-6-17(22-15)13-23-10-11-24-19-8-7-18(23)20(19)25-14-16-5-3-9-21-12-16/h2-6,9,12,18-20H,7-8,10-11,13-14H2,1H3/t18-,19-,20-/m0/s1. The molecule has 3 atom stereocenters. The van der Waals surface area contributed by atoms with Crippen molar-refractivity contribution in [2.24, 2.45) is 0 Å². The molecule has 0 N–H and O–H groups in total. The minimum Gasteiger partial charge on any atom is -0.374 e. The average molecular weight is 339 g/mol. The van der Waals surface area contributed by atoms with Gasteiger partial charge in [0.15, 0.2) is 0 Å². The summed E-state index contributed by atoms with van der Waals surface area (Å²) in [5.41, 5.74) is 3.30. The van der Waals surface area contributed by atoms with E-state index in [4.69, 9.17) is 9.47 Å². The first-order valence-electron chi connectivity index (χ1n) is 9.08. The van der Waals surface area contributed by atoms with Crippen LogP contribution >= 0.6 is 0 Å². The second kappa shape index (κ2) is 7.60. The molecule has 1 aliphatic heterocycles. The first-order valence-corrected chi connectivity index (χ1v) is 9.08. The van der Waals surface area contributed by atoms with Gasteiger partial charge in [-0.05, 0) is 43.5 Å². The van der Waals surface area contributed by atoms with Gasteiger partial charge < -0.3 is 9.47 Å². The molecule has 2 aromatic heterocycles. The fraction of sp³-hybridized carbons (Fsp3) is 0.500. The van der Waals surface area contributed by atoms with E-state index in [0.29, 0.717) is 12.6 Å². The van der Waals surface area contributed by atoms with Crippen LogP contribution in [0, 0.1) is 6.92 Å². The summed E-state index contributed by atoms with van der Waals surface area (Å²) in [5, 5.41) is 0. The minimum absolute atomic E-state index is 0.118. The Bertz CT molecular complexity index is 694. The fourth-order valence-electron chi connectivity index (χ4n) is 3.95. The van der Waals surface area contributed by atoms with Crippen molar-refractivity contribution in [3.05, 3.63) is 59.7 Å². The average Bonchev–Trinajstić information content (AvgIpc) is 2.94. The number of hydrogen-bond acceptors (Lipinski definition) is 5. The second-order valence-corrected chi connectivity index (χ2v) is 6.93. The molecule has 0 unspecified atom stereocenters. The van der Waals surface area contributed by atoms with Gasteiger partial charge in [0.25, 0.3) is 0 Å². The van der Waals surface area contributed by atoms with E-state index in [9.17, 15) is 0 Å². The molecule has 3 heterocycles. The molecule has 2 fully saturated rings. The summed E-state index contributed by atoms with van der Waals surface area (Å²) < 4.78 is 12.4. The minimum atomic E-state index is 0.118. The first kappa shape index (κ1) is 16.6. The van der Waals surface area contributed by atoms with E-state index >= 15 is 0 Å². The van der Waals surface area contributed by atoms with Gasteiger partial charge in [0, 0.05) is 37.2 Å². The van der Waals surface area contributed by atoms with Crippen LogP contribution in [0.2, 0.25) is 0 Å². The van der Waals surface area contributed by atoms with E-state index in [1.807, 2.05) is 25.3 Å². The molecule has 0 aromatic carbocycles. The Kier molecular flexibility index (Phi) is 5.06. The second-order valence-electron chi connectivity index (χ2n) is 6.93. The number of pyridine rings is 2. The lowest BCUT2D eigenvalue weighted by Crippen LogP contribution is -2.42. The quantitative estimate of drug-likeness (QED) is 0.838. The van der Waals surface area contributed by atoms with Crippen LogP contribution in [0.4, 0.5) is 0 Å². The van der Waals surface area contributed by atoms with Gasteiger partial charge in [0.05, 0.1) is 31.1 Å². The summed E-state index contributed by atoms with van der Waals surface area (Å²) in [6.07, 6.45) is 6.17. The van der Waals surface area contributed by atoms with Crippen molar-refractivity contribution in [3.8, 4) is 0 Å². The maximum atomic E-state index is 6.30. The molecule has 1 aliphatic carbocycles. The van der Waals surface area contributed by atoms with E-state index in [1.54, 1.807) is 6.20 Å². The highest BCUT2D eigenvalue weighted by molar-refractivity contribution is 5.11. The Morgan fingerprint density at radius 2 is 2.20 bits per heavy atom. The SMILES string of the molecule is Cc1cccc(CN2CCO[C@H]3CC[C@H]2[C@@H]3OCc2cccnc2)n1. The fourth-order valence-corrected chi connectivity index (χ4v) is 3.95. The van der Waals surface area contributed by atoms with Gasteiger partial charge >= 0.3 is 0 Å². The largest absolute Gasteiger partial charge is 0.374 e. The number of aryl methyl sites for hydroxylation is 1. The molecule has 5 heteroatoms. The first-order chi connectivity index (χ1) is 12.3. The van der Waals surface area contributed by atoms with Crippen molar-refractivity contribution < 1.29 is 9.47 Å². The van der Waals surface area contributed by atoms with Gasteiger partial charge in [-0.3, -0.25) is 14.9 Å². The van der Waals surface area contributed by atoms with E-state index < -0.39 is 0 Å². The normalized spacial score (nSPS) is 26.5. The number of rotatable bonds is 5. The van der Waals surface area contributed by atoms with Gasteiger partial charge in [0.1, 0.15) is 0 Å². The maximum absolute atomic E-state index is 6.30. The van der Waals surface area contributed by atoms with Crippen LogP contribution in [-0.2, 0) is 22.6 Å². The van der Waals surface area contributed by atoms with E-state index in [1.165, 1.54) is 0 Å². The van der Waals surface area contributed by atoms with Crippen LogP contribution in [-0.4, -0.2) is 46.3 Å². The van der Waals surface area contributed by atoms with Crippen molar-refractivity contribution in [1.29, 1.82) is 0 Å². The summed E-state index contributed by atoms with van der Waals surface area (Å²) in [6, 6.07) is 10.6. The Morgan fingerprint density at radius 3 is 3.04 bits per heavy atom. The lowest BCUT2D eigenvalue weighted by Gasteiger charge is -2.31. The van der Waals surface area contributed by atoms with Gasteiger partial charge in [-0.25, -0.2) is 0 Å². The molecule has 0 spiro atoms. The molecular weight excluding hydrogens is 314 g/mol. The summed E-state index contributed by atoms with van der Waals surface area (Å²) in [4.78, 5) is 11.3. The zero-order valence-corrected chi connectivity index (χ0v) is 14.7. The number of hydrogen-bond donors (Lipinski definition) is 0. The lowest BCUT2D eigenvalue weighted by molar-refractivity contribution is -0.0615. The van der Waals surface area contributed by atoms with Crippen LogP contribution < -0.4 is 0 Å². The Labute approximate surface area is 149 Å². The van der Waals surface area contributed by atoms with E-state index in [0.717, 1.165) is 49.5 Å². The summed E-state index contributed by atoms with van der Waals surface area (Å²) in [6.45, 7) is 5.18. The molecule has 0 amide bonds. The highest BCUT2D eigenvalue weighted by atomic mass is 16.5. The van der Waals surface area contributed by atoms with Gasteiger partial charge in [-0.15, -0.1) is 0 Å². The molecule has 2 aromatic rings. The molecule has 0 radical (unpaired) electrons. The summed E-state index contributed by atoms with van der Waals surface area (Å²) >= 11 is 0. The highest BCUT2D eigenvalue weighted by Crippen LogP contribution is 2.33. The third kappa shape index (κ3) is 3.89. The third-order valence-corrected chi connectivity index (χ3v) is 5.15. The molecule has 4 rings (SSSR count). The molecule has 1 saturated heterocycles. The number of nitrogens with zero attached hydrogens (tertiary/aromatic N) is 3. The van der Waals surface area contributed by atoms with Crippen molar-refractivity contribution in [3.63, 3.8) is 0 Å². The Morgan fingerprint density at radius 1 is 1.24 bits per heavy atom. The van der Waals surface area contributed by atoms with E-state index in [2.05, 4.69) is 33.1 Å². The molecule has 2 aliphatic rings. The van der Waals surface area contributed by atoms with Gasteiger partial charge in [-0.2, -0.15) is 0 Å². The summed E-state index contributed by atoms with van der Waals surface area (Å²) in [5.74, 6) is 0. The number of aromatic nitrogens is 2. The van der Waals surface area contributed by atoms with Crippen molar-refractivity contribution in [2.75, 3.05) is 13.2 Å². The van der Waals surface area contributed by atoms with Crippen LogP contribution in [0.25, 0.3) is 0 Å². The highest BCUT2D eigenvalue weighted by Gasteiger charge is 2.43. The Hall–Kier alpha value is -1.82. The molecule has 2 bridgehead atoms. The molecule has 5 nitrogen and oxygen atoms in total. The topological polar surface area (TPSA) is 47.5 Å². The predicted octanol–water partition coefficient (Wildman–Crippen LogP) is 2.73. The van der Waals surface area contributed by atoms with Gasteiger partial charge in [-0.1, -0.05) is 12.1 Å². The zero-order chi connectivity index (χ0) is 17.1. The zero-order valence-electron chi connectivity index (χ0n) is 14.7. The van der Waals surface area contributed by atoms with Crippen LogP contribution in [0.5, 0.6) is 0 Å². The third-order valence-electron chi connectivity index (χ3n) is 5.15. The molecule has 25 heavy (non-hydrogen) atoms. The van der Waals surface area contributed by atoms with Crippen molar-refractivity contribution >= 4 is 0 Å². The number of ether oxygens (including phenoxy) is 2. The molecular formula is C20H25N3O2. The van der Waals surface area contributed by atoms with Crippen LogP contribution in [0.15, 0.2) is 42.7 Å². The molecule has 132 valence electrons. The Balaban J connectivity index is 1.46. The monoisotopic (exact) mass is 339 g/mol. The number of fused-ring (bicyclic) bond motifs is 2. The van der Waals surface area contributed by atoms with Gasteiger partial charge in [0.2, 0.25) is 0 Å². The summed E-state index contributed by atoms with van der Waals surface area (Å²) in [7, 11) is 0. The maximum Gasteiger partial charge on any atom is 0.0995 e.